The molecular formula is C21H23NO5. The van der Waals surface area contributed by atoms with Gasteiger partial charge >= 0.3 is 0 Å². The molecule has 142 valence electrons. The van der Waals surface area contributed by atoms with E-state index in [1.807, 2.05) is 24.3 Å². The maximum Gasteiger partial charge on any atom is 0.220 e. The number of Topliss-reactive ketones (excluding diaryl/α,β-unsaturated/α-hetero) is 1. The van der Waals surface area contributed by atoms with E-state index in [1.54, 1.807) is 25.3 Å². The van der Waals surface area contributed by atoms with Crippen molar-refractivity contribution in [2.24, 2.45) is 0 Å². The molecule has 3 rings (SSSR count). The summed E-state index contributed by atoms with van der Waals surface area (Å²) in [5.41, 5.74) is 1.58. The number of rotatable bonds is 8. The summed E-state index contributed by atoms with van der Waals surface area (Å²) in [5, 5.41) is 2.86. The highest BCUT2D eigenvalue weighted by Gasteiger charge is 2.15. The quantitative estimate of drug-likeness (QED) is 0.724. The molecule has 0 radical (unpaired) electrons. The second-order valence-electron chi connectivity index (χ2n) is 6.26. The van der Waals surface area contributed by atoms with E-state index in [2.05, 4.69) is 5.32 Å². The number of nitrogens with one attached hydrogen (secondary N) is 1. The van der Waals surface area contributed by atoms with Crippen LogP contribution in [0.25, 0.3) is 0 Å². The molecule has 1 amide bonds. The van der Waals surface area contributed by atoms with E-state index in [4.69, 9.17) is 14.2 Å². The van der Waals surface area contributed by atoms with Crippen molar-refractivity contribution in [2.45, 2.75) is 25.8 Å². The van der Waals surface area contributed by atoms with E-state index in [9.17, 15) is 9.59 Å². The van der Waals surface area contributed by atoms with Crippen LogP contribution in [-0.2, 0) is 11.3 Å². The van der Waals surface area contributed by atoms with Gasteiger partial charge in [0.25, 0.3) is 0 Å². The lowest BCUT2D eigenvalue weighted by Gasteiger charge is -2.18. The van der Waals surface area contributed by atoms with Gasteiger partial charge in [0.15, 0.2) is 17.3 Å². The molecule has 0 unspecified atom stereocenters. The fourth-order valence-corrected chi connectivity index (χ4v) is 2.80. The Bertz CT molecular complexity index is 801. The number of hydrogen-bond acceptors (Lipinski definition) is 5. The molecule has 0 aliphatic carbocycles. The van der Waals surface area contributed by atoms with Gasteiger partial charge in [0, 0.05) is 24.9 Å². The maximum atomic E-state index is 12.3. The summed E-state index contributed by atoms with van der Waals surface area (Å²) in [7, 11) is 1.61. The minimum Gasteiger partial charge on any atom is -0.497 e. The van der Waals surface area contributed by atoms with E-state index in [0.29, 0.717) is 56.1 Å². The fraction of sp³-hybridized carbons (Fsp3) is 0.333. The van der Waals surface area contributed by atoms with E-state index >= 15 is 0 Å². The predicted octanol–water partition coefficient (Wildman–Crippen LogP) is 3.14. The van der Waals surface area contributed by atoms with Crippen LogP contribution in [0.15, 0.2) is 42.5 Å². The van der Waals surface area contributed by atoms with Crippen LogP contribution >= 0.6 is 0 Å². The first kappa shape index (κ1) is 18.8. The van der Waals surface area contributed by atoms with Gasteiger partial charge in [-0.05, 0) is 42.3 Å². The van der Waals surface area contributed by atoms with Crippen LogP contribution in [-0.4, -0.2) is 32.0 Å². The number of fused-ring (bicyclic) bond motifs is 1. The van der Waals surface area contributed by atoms with Gasteiger partial charge in [-0.25, -0.2) is 0 Å². The number of benzene rings is 2. The number of carbonyl (C=O) groups is 2. The topological polar surface area (TPSA) is 73.9 Å². The monoisotopic (exact) mass is 369 g/mol. The van der Waals surface area contributed by atoms with E-state index in [0.717, 1.165) is 11.3 Å². The number of carbonyl (C=O) groups excluding carboxylic acids is 2. The highest BCUT2D eigenvalue weighted by atomic mass is 16.6. The van der Waals surface area contributed by atoms with Gasteiger partial charge in [0.2, 0.25) is 5.91 Å². The van der Waals surface area contributed by atoms with Crippen molar-refractivity contribution in [2.75, 3.05) is 20.3 Å². The van der Waals surface area contributed by atoms with E-state index in [1.165, 1.54) is 0 Å². The van der Waals surface area contributed by atoms with Gasteiger partial charge < -0.3 is 19.5 Å². The number of ketones is 1. The van der Waals surface area contributed by atoms with Crippen LogP contribution in [0.2, 0.25) is 0 Å². The highest BCUT2D eigenvalue weighted by molar-refractivity contribution is 5.96. The molecule has 0 saturated carbocycles. The predicted molar refractivity (Wildman–Crippen MR) is 100 cm³/mol. The van der Waals surface area contributed by atoms with Gasteiger partial charge in [0.05, 0.1) is 7.11 Å². The molecule has 0 bridgehead atoms. The standard InChI is InChI=1S/C21H23NO5/c1-25-17-8-5-15(6-9-17)14-22-21(24)4-2-3-18(23)16-7-10-19-20(13-16)27-12-11-26-19/h5-10,13H,2-4,11-12,14H2,1H3,(H,22,24). The lowest BCUT2D eigenvalue weighted by Crippen LogP contribution is -2.22. The Hall–Kier alpha value is -3.02. The summed E-state index contributed by atoms with van der Waals surface area (Å²) in [6.07, 6.45) is 1.13. The minimum absolute atomic E-state index is 0.00470. The molecule has 27 heavy (non-hydrogen) atoms. The zero-order valence-corrected chi connectivity index (χ0v) is 15.3. The highest BCUT2D eigenvalue weighted by Crippen LogP contribution is 2.31. The average molecular weight is 369 g/mol. The van der Waals surface area contributed by atoms with Gasteiger partial charge in [-0.3, -0.25) is 9.59 Å². The van der Waals surface area contributed by atoms with E-state index in [-0.39, 0.29) is 11.7 Å². The van der Waals surface area contributed by atoms with Crippen molar-refractivity contribution in [1.29, 1.82) is 0 Å². The summed E-state index contributed by atoms with van der Waals surface area (Å²) in [6.45, 7) is 1.46. The first-order valence-electron chi connectivity index (χ1n) is 8.98. The van der Waals surface area contributed by atoms with Gasteiger partial charge in [-0.15, -0.1) is 0 Å². The SMILES string of the molecule is COc1ccc(CNC(=O)CCCC(=O)c2ccc3c(c2)OCCO3)cc1. The van der Waals surface area contributed by atoms with Gasteiger partial charge in [-0.2, -0.15) is 0 Å². The molecule has 0 fully saturated rings. The fourth-order valence-electron chi connectivity index (χ4n) is 2.80. The largest absolute Gasteiger partial charge is 0.497 e. The summed E-state index contributed by atoms with van der Waals surface area (Å²) in [4.78, 5) is 24.3. The third-order valence-electron chi connectivity index (χ3n) is 4.32. The number of ether oxygens (including phenoxy) is 3. The minimum atomic E-state index is -0.0687. The average Bonchev–Trinajstić information content (AvgIpc) is 2.72. The van der Waals surface area contributed by atoms with Crippen LogP contribution in [0.5, 0.6) is 17.2 Å². The lowest BCUT2D eigenvalue weighted by atomic mass is 10.0. The Kier molecular flexibility index (Phi) is 6.30. The second kappa shape index (κ2) is 9.07. The maximum absolute atomic E-state index is 12.3. The molecule has 0 aromatic heterocycles. The molecule has 1 heterocycles. The number of methoxy groups -OCH3 is 1. The molecule has 2 aromatic rings. The molecule has 6 heteroatoms. The van der Waals surface area contributed by atoms with Crippen LogP contribution < -0.4 is 19.5 Å². The third kappa shape index (κ3) is 5.23. The van der Waals surface area contributed by atoms with Gasteiger partial charge in [-0.1, -0.05) is 12.1 Å². The molecule has 1 aliphatic rings. The number of amides is 1. The zero-order chi connectivity index (χ0) is 19.1. The Balaban J connectivity index is 1.40. The molecule has 0 saturated heterocycles. The van der Waals surface area contributed by atoms with Crippen molar-refractivity contribution >= 4 is 11.7 Å². The zero-order valence-electron chi connectivity index (χ0n) is 15.3. The summed E-state index contributed by atoms with van der Waals surface area (Å²) >= 11 is 0. The first-order chi connectivity index (χ1) is 13.2. The van der Waals surface area contributed by atoms with E-state index < -0.39 is 0 Å². The normalized spacial score (nSPS) is 12.3. The summed E-state index contributed by atoms with van der Waals surface area (Å²) < 4.78 is 16.1. The van der Waals surface area contributed by atoms with Crippen molar-refractivity contribution in [3.63, 3.8) is 0 Å². The molecule has 6 nitrogen and oxygen atoms in total. The van der Waals surface area contributed by atoms with Crippen molar-refractivity contribution < 1.29 is 23.8 Å². The molecular weight excluding hydrogens is 346 g/mol. The molecule has 0 spiro atoms. The Morgan fingerprint density at radius 1 is 1.00 bits per heavy atom. The third-order valence-corrected chi connectivity index (χ3v) is 4.32. The van der Waals surface area contributed by atoms with Gasteiger partial charge in [0.1, 0.15) is 19.0 Å². The lowest BCUT2D eigenvalue weighted by molar-refractivity contribution is -0.121. The second-order valence-corrected chi connectivity index (χ2v) is 6.26. The molecule has 0 atom stereocenters. The summed E-state index contributed by atoms with van der Waals surface area (Å²) in [5.74, 6) is 1.97. The van der Waals surface area contributed by atoms with Crippen molar-refractivity contribution in [3.8, 4) is 17.2 Å². The Morgan fingerprint density at radius 2 is 1.74 bits per heavy atom. The van der Waals surface area contributed by atoms with Crippen LogP contribution in [0.3, 0.4) is 0 Å². The smallest absolute Gasteiger partial charge is 0.220 e. The van der Waals surface area contributed by atoms with Crippen LogP contribution in [0.4, 0.5) is 0 Å². The van der Waals surface area contributed by atoms with Crippen LogP contribution in [0, 0.1) is 0 Å². The van der Waals surface area contributed by atoms with Crippen molar-refractivity contribution in [3.05, 3.63) is 53.6 Å². The molecule has 1 aliphatic heterocycles. The summed E-state index contributed by atoms with van der Waals surface area (Å²) in [6, 6.07) is 12.7. The Morgan fingerprint density at radius 3 is 2.48 bits per heavy atom. The Labute approximate surface area is 158 Å². The molecule has 2 aromatic carbocycles. The number of hydrogen-bond donors (Lipinski definition) is 1. The van der Waals surface area contributed by atoms with Crippen LogP contribution in [0.1, 0.15) is 35.2 Å². The first-order valence-corrected chi connectivity index (χ1v) is 8.98. The van der Waals surface area contributed by atoms with Crippen molar-refractivity contribution in [1.82, 2.24) is 5.32 Å². The molecule has 1 N–H and O–H groups in total.